The number of hydrogen-bond acceptors (Lipinski definition) is 6. The SMILES string of the molecule is CCc1ccc(C2CN(Cc3ccc(OCc4noc(C)n4)cc3)CCO2)cc1. The third kappa shape index (κ3) is 5.22. The molecular weight excluding hydrogens is 366 g/mol. The van der Waals surface area contributed by atoms with Crippen LogP contribution < -0.4 is 4.74 Å². The maximum absolute atomic E-state index is 6.02. The van der Waals surface area contributed by atoms with Gasteiger partial charge >= 0.3 is 0 Å². The predicted octanol–water partition coefficient (Wildman–Crippen LogP) is 4.09. The van der Waals surface area contributed by atoms with E-state index in [1.165, 1.54) is 16.7 Å². The van der Waals surface area contributed by atoms with Crippen LogP contribution in [0.25, 0.3) is 0 Å². The zero-order valence-corrected chi connectivity index (χ0v) is 17.0. The topological polar surface area (TPSA) is 60.6 Å². The van der Waals surface area contributed by atoms with Crippen LogP contribution >= 0.6 is 0 Å². The largest absolute Gasteiger partial charge is 0.485 e. The molecule has 1 aliphatic rings. The number of morpholine rings is 1. The summed E-state index contributed by atoms with van der Waals surface area (Å²) >= 11 is 0. The van der Waals surface area contributed by atoms with Crippen LogP contribution in [-0.4, -0.2) is 34.7 Å². The number of aryl methyl sites for hydroxylation is 2. The molecule has 3 aromatic rings. The number of aromatic nitrogens is 2. The Bertz CT molecular complexity index is 906. The van der Waals surface area contributed by atoms with Gasteiger partial charge in [-0.15, -0.1) is 0 Å². The third-order valence-electron chi connectivity index (χ3n) is 5.18. The molecule has 2 heterocycles. The van der Waals surface area contributed by atoms with E-state index in [0.717, 1.165) is 38.4 Å². The molecule has 1 atom stereocenters. The molecule has 0 amide bonds. The van der Waals surface area contributed by atoms with E-state index < -0.39 is 0 Å². The van der Waals surface area contributed by atoms with Crippen LogP contribution in [0.5, 0.6) is 5.75 Å². The highest BCUT2D eigenvalue weighted by Crippen LogP contribution is 2.24. The van der Waals surface area contributed by atoms with Crippen LogP contribution in [0.15, 0.2) is 53.1 Å². The molecular formula is C23H27N3O3. The van der Waals surface area contributed by atoms with Crippen molar-refractivity contribution in [2.75, 3.05) is 19.7 Å². The molecule has 0 radical (unpaired) electrons. The van der Waals surface area contributed by atoms with E-state index in [4.69, 9.17) is 14.0 Å². The Hall–Kier alpha value is -2.70. The van der Waals surface area contributed by atoms with Crippen LogP contribution in [0.4, 0.5) is 0 Å². The lowest BCUT2D eigenvalue weighted by Crippen LogP contribution is -2.37. The molecule has 1 saturated heterocycles. The lowest BCUT2D eigenvalue weighted by molar-refractivity contribution is -0.0329. The number of hydrogen-bond donors (Lipinski definition) is 0. The molecule has 1 unspecified atom stereocenters. The maximum Gasteiger partial charge on any atom is 0.223 e. The van der Waals surface area contributed by atoms with Crippen molar-refractivity contribution in [3.8, 4) is 5.75 Å². The molecule has 4 rings (SSSR count). The number of benzene rings is 2. The zero-order chi connectivity index (χ0) is 20.1. The molecule has 0 bridgehead atoms. The number of rotatable bonds is 7. The average Bonchev–Trinajstić information content (AvgIpc) is 3.19. The minimum Gasteiger partial charge on any atom is -0.485 e. The maximum atomic E-state index is 6.02. The predicted molar refractivity (Wildman–Crippen MR) is 110 cm³/mol. The summed E-state index contributed by atoms with van der Waals surface area (Å²) in [5.41, 5.74) is 3.88. The second kappa shape index (κ2) is 9.20. The molecule has 6 heteroatoms. The van der Waals surface area contributed by atoms with Crippen molar-refractivity contribution >= 4 is 0 Å². The average molecular weight is 393 g/mol. The van der Waals surface area contributed by atoms with Crippen LogP contribution in [0.3, 0.4) is 0 Å². The molecule has 6 nitrogen and oxygen atoms in total. The summed E-state index contributed by atoms with van der Waals surface area (Å²) in [7, 11) is 0. The fraction of sp³-hybridized carbons (Fsp3) is 0.391. The van der Waals surface area contributed by atoms with E-state index in [2.05, 4.69) is 58.4 Å². The van der Waals surface area contributed by atoms with Crippen molar-refractivity contribution in [2.45, 2.75) is 39.5 Å². The van der Waals surface area contributed by atoms with E-state index in [1.807, 2.05) is 12.1 Å². The Labute approximate surface area is 171 Å². The minimum absolute atomic E-state index is 0.135. The highest BCUT2D eigenvalue weighted by molar-refractivity contribution is 5.28. The first kappa shape index (κ1) is 19.6. The van der Waals surface area contributed by atoms with Gasteiger partial charge in [-0.05, 0) is 35.2 Å². The molecule has 0 N–H and O–H groups in total. The Kier molecular flexibility index (Phi) is 6.22. The van der Waals surface area contributed by atoms with Gasteiger partial charge < -0.3 is 14.0 Å². The van der Waals surface area contributed by atoms with Crippen molar-refractivity contribution in [3.63, 3.8) is 0 Å². The van der Waals surface area contributed by atoms with E-state index in [1.54, 1.807) is 6.92 Å². The van der Waals surface area contributed by atoms with E-state index >= 15 is 0 Å². The van der Waals surface area contributed by atoms with E-state index in [9.17, 15) is 0 Å². The van der Waals surface area contributed by atoms with E-state index in [-0.39, 0.29) is 6.10 Å². The lowest BCUT2D eigenvalue weighted by atomic mass is 10.0. The van der Waals surface area contributed by atoms with Crippen molar-refractivity contribution in [1.29, 1.82) is 0 Å². The summed E-state index contributed by atoms with van der Waals surface area (Å²) in [6, 6.07) is 17.0. The van der Waals surface area contributed by atoms with Crippen molar-refractivity contribution < 1.29 is 14.0 Å². The monoisotopic (exact) mass is 393 g/mol. The second-order valence-corrected chi connectivity index (χ2v) is 7.35. The van der Waals surface area contributed by atoms with Crippen molar-refractivity contribution in [1.82, 2.24) is 15.0 Å². The van der Waals surface area contributed by atoms with Gasteiger partial charge in [-0.25, -0.2) is 0 Å². The molecule has 29 heavy (non-hydrogen) atoms. The van der Waals surface area contributed by atoms with Gasteiger partial charge in [0.15, 0.2) is 6.61 Å². The Morgan fingerprint density at radius 3 is 2.52 bits per heavy atom. The fourth-order valence-electron chi connectivity index (χ4n) is 3.51. The van der Waals surface area contributed by atoms with Gasteiger partial charge in [0.2, 0.25) is 11.7 Å². The molecule has 152 valence electrons. The van der Waals surface area contributed by atoms with Gasteiger partial charge in [-0.1, -0.05) is 48.5 Å². The second-order valence-electron chi connectivity index (χ2n) is 7.35. The summed E-state index contributed by atoms with van der Waals surface area (Å²) in [6.45, 7) is 7.75. The number of ether oxygens (including phenoxy) is 2. The van der Waals surface area contributed by atoms with E-state index in [0.29, 0.717) is 18.3 Å². The minimum atomic E-state index is 0.135. The van der Waals surface area contributed by atoms with Gasteiger partial charge in [0.25, 0.3) is 0 Å². The molecule has 0 spiro atoms. The van der Waals surface area contributed by atoms with Crippen LogP contribution in [0.1, 0.15) is 41.4 Å². The van der Waals surface area contributed by atoms with Crippen molar-refractivity contribution in [3.05, 3.63) is 76.9 Å². The first-order valence-corrected chi connectivity index (χ1v) is 10.1. The smallest absolute Gasteiger partial charge is 0.223 e. The highest BCUT2D eigenvalue weighted by Gasteiger charge is 2.22. The lowest BCUT2D eigenvalue weighted by Gasteiger charge is -2.33. The summed E-state index contributed by atoms with van der Waals surface area (Å²) in [5, 5.41) is 3.84. The van der Waals surface area contributed by atoms with Crippen molar-refractivity contribution in [2.24, 2.45) is 0 Å². The van der Waals surface area contributed by atoms with Crippen LogP contribution in [0.2, 0.25) is 0 Å². The fourth-order valence-corrected chi connectivity index (χ4v) is 3.51. The molecule has 1 aliphatic heterocycles. The molecule has 1 aromatic heterocycles. The van der Waals surface area contributed by atoms with Gasteiger partial charge in [0.1, 0.15) is 5.75 Å². The first-order chi connectivity index (χ1) is 14.2. The summed E-state index contributed by atoms with van der Waals surface area (Å²) in [6.07, 6.45) is 1.20. The van der Waals surface area contributed by atoms with Crippen LogP contribution in [-0.2, 0) is 24.3 Å². The summed E-state index contributed by atoms with van der Waals surface area (Å²) in [4.78, 5) is 6.59. The van der Waals surface area contributed by atoms with Crippen LogP contribution in [0, 0.1) is 6.92 Å². The van der Waals surface area contributed by atoms with Gasteiger partial charge in [-0.2, -0.15) is 4.98 Å². The molecule has 0 saturated carbocycles. The quantitative estimate of drug-likeness (QED) is 0.602. The standard InChI is InChI=1S/C23H27N3O3/c1-3-18-4-8-20(9-5-18)22-15-26(12-13-27-22)14-19-6-10-21(11-7-19)28-16-23-24-17(2)29-25-23/h4-11,22H,3,12-16H2,1-2H3. The van der Waals surface area contributed by atoms with Gasteiger partial charge in [0.05, 0.1) is 12.7 Å². The van der Waals surface area contributed by atoms with Gasteiger partial charge in [-0.3, -0.25) is 4.90 Å². The molecule has 0 aliphatic carbocycles. The zero-order valence-electron chi connectivity index (χ0n) is 17.0. The third-order valence-corrected chi connectivity index (χ3v) is 5.18. The summed E-state index contributed by atoms with van der Waals surface area (Å²) in [5.74, 6) is 1.90. The molecule has 2 aromatic carbocycles. The summed E-state index contributed by atoms with van der Waals surface area (Å²) < 4.78 is 16.7. The Balaban J connectivity index is 1.31. The Morgan fingerprint density at radius 1 is 1.07 bits per heavy atom. The molecule has 1 fully saturated rings. The highest BCUT2D eigenvalue weighted by atomic mass is 16.5. The normalized spacial score (nSPS) is 17.4. The number of nitrogens with zero attached hydrogens (tertiary/aromatic N) is 3. The van der Waals surface area contributed by atoms with Gasteiger partial charge in [0, 0.05) is 26.6 Å². The Morgan fingerprint density at radius 2 is 1.83 bits per heavy atom. The first-order valence-electron chi connectivity index (χ1n) is 10.1.